The molecule has 6 nitrogen and oxygen atoms in total. The third-order valence-electron chi connectivity index (χ3n) is 4.19. The lowest BCUT2D eigenvalue weighted by Crippen LogP contribution is -2.50. The van der Waals surface area contributed by atoms with Gasteiger partial charge in [-0.05, 0) is 31.0 Å². The highest BCUT2D eigenvalue weighted by atomic mass is 127. The summed E-state index contributed by atoms with van der Waals surface area (Å²) in [6.45, 7) is 6.19. The van der Waals surface area contributed by atoms with Gasteiger partial charge in [-0.2, -0.15) is 0 Å². The van der Waals surface area contributed by atoms with Gasteiger partial charge in [0.2, 0.25) is 0 Å². The van der Waals surface area contributed by atoms with Crippen LogP contribution < -0.4 is 5.32 Å². The zero-order valence-corrected chi connectivity index (χ0v) is 18.6. The Hall–Kier alpha value is -0.970. The van der Waals surface area contributed by atoms with Gasteiger partial charge in [0, 0.05) is 33.9 Å². The Morgan fingerprint density at radius 2 is 2.00 bits per heavy atom. The Morgan fingerprint density at radius 3 is 2.67 bits per heavy atom. The predicted octanol–water partition coefficient (Wildman–Crippen LogP) is 2.83. The van der Waals surface area contributed by atoms with Gasteiger partial charge in [0.15, 0.2) is 5.96 Å². The normalized spacial score (nSPS) is 20.3. The molecule has 1 heterocycles. The van der Waals surface area contributed by atoms with E-state index in [1.54, 1.807) is 26.3 Å². The molecule has 8 heteroatoms. The fraction of sp³-hybridized carbons (Fsp3) is 0.632. The van der Waals surface area contributed by atoms with Crippen molar-refractivity contribution in [2.24, 2.45) is 4.99 Å². The molecule has 0 saturated carbocycles. The molecule has 2 rings (SSSR count). The lowest BCUT2D eigenvalue weighted by Gasteiger charge is -2.38. The highest BCUT2D eigenvalue weighted by Gasteiger charge is 2.28. The number of benzene rings is 1. The zero-order valence-electron chi connectivity index (χ0n) is 16.3. The number of nitrogens with zero attached hydrogens (tertiary/aromatic N) is 2. The van der Waals surface area contributed by atoms with E-state index in [9.17, 15) is 4.39 Å². The average Bonchev–Trinajstić information content (AvgIpc) is 2.64. The molecule has 2 unspecified atom stereocenters. The van der Waals surface area contributed by atoms with Crippen molar-refractivity contribution in [1.82, 2.24) is 10.2 Å². The Labute approximate surface area is 178 Å². The van der Waals surface area contributed by atoms with Gasteiger partial charge in [0.05, 0.1) is 25.9 Å². The van der Waals surface area contributed by atoms with Crippen molar-refractivity contribution in [3.8, 4) is 0 Å². The highest BCUT2D eigenvalue weighted by molar-refractivity contribution is 14.0. The molecule has 154 valence electrons. The van der Waals surface area contributed by atoms with E-state index in [2.05, 4.69) is 15.2 Å². The van der Waals surface area contributed by atoms with Crippen LogP contribution in [0.15, 0.2) is 29.3 Å². The number of hydrogen-bond donors (Lipinski definition) is 1. The number of halogens is 2. The van der Waals surface area contributed by atoms with Crippen molar-refractivity contribution in [3.05, 3.63) is 35.6 Å². The summed E-state index contributed by atoms with van der Waals surface area (Å²) >= 11 is 0. The molecule has 0 amide bonds. The molecule has 1 aromatic rings. The van der Waals surface area contributed by atoms with Crippen LogP contribution in [0, 0.1) is 5.82 Å². The molecule has 27 heavy (non-hydrogen) atoms. The molecule has 0 bridgehead atoms. The minimum atomic E-state index is -0.236. The van der Waals surface area contributed by atoms with Crippen molar-refractivity contribution >= 4 is 29.9 Å². The summed E-state index contributed by atoms with van der Waals surface area (Å²) in [6, 6.07) is 6.51. The molecule has 1 fully saturated rings. The molecule has 1 aliphatic heterocycles. The third kappa shape index (κ3) is 8.28. The van der Waals surface area contributed by atoms with Crippen LogP contribution in [0.2, 0.25) is 0 Å². The fourth-order valence-electron chi connectivity index (χ4n) is 2.94. The molecule has 2 atom stereocenters. The Bertz CT molecular complexity index is 560. The summed E-state index contributed by atoms with van der Waals surface area (Å²) in [5.74, 6) is 0.615. The molecule has 0 radical (unpaired) electrons. The van der Waals surface area contributed by atoms with E-state index in [1.807, 2.05) is 6.92 Å². The summed E-state index contributed by atoms with van der Waals surface area (Å²) in [4.78, 5) is 6.58. The highest BCUT2D eigenvalue weighted by Crippen LogP contribution is 2.25. The fourth-order valence-corrected chi connectivity index (χ4v) is 2.94. The smallest absolute Gasteiger partial charge is 0.193 e. The number of hydrogen-bond acceptors (Lipinski definition) is 4. The SMILES string of the molecule is CN=C(NCCCOCCOC)N1CC(C)OC(c2ccc(F)cc2)C1.I. The average molecular weight is 495 g/mol. The molecular formula is C19H31FIN3O3. The quantitative estimate of drug-likeness (QED) is 0.260. The first-order valence-electron chi connectivity index (χ1n) is 9.07. The number of nitrogens with one attached hydrogen (secondary N) is 1. The largest absolute Gasteiger partial charge is 0.382 e. The van der Waals surface area contributed by atoms with Gasteiger partial charge in [0.1, 0.15) is 11.9 Å². The predicted molar refractivity (Wildman–Crippen MR) is 115 cm³/mol. The molecule has 0 spiro atoms. The second kappa shape index (κ2) is 13.2. The van der Waals surface area contributed by atoms with Gasteiger partial charge in [-0.1, -0.05) is 12.1 Å². The van der Waals surface area contributed by atoms with Gasteiger partial charge in [-0.3, -0.25) is 4.99 Å². The van der Waals surface area contributed by atoms with Gasteiger partial charge in [-0.15, -0.1) is 24.0 Å². The summed E-state index contributed by atoms with van der Waals surface area (Å²) in [5, 5.41) is 3.38. The maximum atomic E-state index is 13.2. The van der Waals surface area contributed by atoms with Crippen LogP contribution in [0.25, 0.3) is 0 Å². The lowest BCUT2D eigenvalue weighted by atomic mass is 10.1. The van der Waals surface area contributed by atoms with Crippen LogP contribution in [-0.4, -0.2) is 70.6 Å². The standard InChI is InChI=1S/C19H30FN3O3.HI/c1-15-13-23(14-18(26-15)16-5-7-17(20)8-6-16)19(21-2)22-9-4-10-25-12-11-24-3;/h5-8,15,18H,4,9-14H2,1-3H3,(H,21,22);1H. The monoisotopic (exact) mass is 495 g/mol. The number of ether oxygens (including phenoxy) is 3. The molecule has 0 aliphatic carbocycles. The first-order valence-corrected chi connectivity index (χ1v) is 9.07. The van der Waals surface area contributed by atoms with E-state index in [1.165, 1.54) is 12.1 Å². The van der Waals surface area contributed by atoms with E-state index in [0.717, 1.165) is 31.0 Å². The third-order valence-corrected chi connectivity index (χ3v) is 4.19. The number of guanidine groups is 1. The molecular weight excluding hydrogens is 464 g/mol. The van der Waals surface area contributed by atoms with E-state index in [-0.39, 0.29) is 42.0 Å². The number of methoxy groups -OCH3 is 1. The van der Waals surface area contributed by atoms with Crippen LogP contribution >= 0.6 is 24.0 Å². The second-order valence-corrected chi connectivity index (χ2v) is 6.32. The van der Waals surface area contributed by atoms with Crippen molar-refractivity contribution in [2.45, 2.75) is 25.6 Å². The molecule has 1 aliphatic rings. The van der Waals surface area contributed by atoms with Crippen molar-refractivity contribution in [2.75, 3.05) is 53.6 Å². The maximum Gasteiger partial charge on any atom is 0.193 e. The van der Waals surface area contributed by atoms with Crippen molar-refractivity contribution in [1.29, 1.82) is 0 Å². The minimum absolute atomic E-state index is 0. The summed E-state index contributed by atoms with van der Waals surface area (Å²) in [7, 11) is 3.45. The Balaban J connectivity index is 0.00000364. The Kier molecular flexibility index (Phi) is 11.8. The molecule has 0 aromatic heterocycles. The first kappa shape index (κ1) is 24.1. The van der Waals surface area contributed by atoms with Crippen molar-refractivity contribution in [3.63, 3.8) is 0 Å². The van der Waals surface area contributed by atoms with Crippen LogP contribution in [0.4, 0.5) is 4.39 Å². The van der Waals surface area contributed by atoms with Gasteiger partial charge in [0.25, 0.3) is 0 Å². The van der Waals surface area contributed by atoms with E-state index in [4.69, 9.17) is 14.2 Å². The summed E-state index contributed by atoms with van der Waals surface area (Å²) in [5.41, 5.74) is 0.977. The van der Waals surface area contributed by atoms with E-state index in [0.29, 0.717) is 26.4 Å². The summed E-state index contributed by atoms with van der Waals surface area (Å²) < 4.78 is 29.6. The summed E-state index contributed by atoms with van der Waals surface area (Å²) in [6.07, 6.45) is 0.856. The minimum Gasteiger partial charge on any atom is -0.382 e. The molecule has 1 saturated heterocycles. The van der Waals surface area contributed by atoms with E-state index < -0.39 is 0 Å². The van der Waals surface area contributed by atoms with E-state index >= 15 is 0 Å². The number of aliphatic imine (C=N–C) groups is 1. The van der Waals surface area contributed by atoms with Gasteiger partial charge < -0.3 is 24.4 Å². The second-order valence-electron chi connectivity index (χ2n) is 6.32. The number of rotatable bonds is 8. The Morgan fingerprint density at radius 1 is 1.26 bits per heavy atom. The molecule has 1 N–H and O–H groups in total. The van der Waals surface area contributed by atoms with Gasteiger partial charge >= 0.3 is 0 Å². The first-order chi connectivity index (χ1) is 12.6. The van der Waals surface area contributed by atoms with Gasteiger partial charge in [-0.25, -0.2) is 4.39 Å². The van der Waals surface area contributed by atoms with Crippen LogP contribution in [0.1, 0.15) is 25.0 Å². The van der Waals surface area contributed by atoms with Crippen LogP contribution in [0.5, 0.6) is 0 Å². The van der Waals surface area contributed by atoms with Crippen LogP contribution in [-0.2, 0) is 14.2 Å². The lowest BCUT2D eigenvalue weighted by molar-refractivity contribution is -0.0605. The maximum absolute atomic E-state index is 13.2. The number of morpholine rings is 1. The molecule has 1 aromatic carbocycles. The topological polar surface area (TPSA) is 55.3 Å². The van der Waals surface area contributed by atoms with Crippen molar-refractivity contribution < 1.29 is 18.6 Å². The zero-order chi connectivity index (χ0) is 18.8. The van der Waals surface area contributed by atoms with Crippen LogP contribution in [0.3, 0.4) is 0 Å².